The van der Waals surface area contributed by atoms with Gasteiger partial charge in [0.1, 0.15) is 12.4 Å². The van der Waals surface area contributed by atoms with E-state index in [0.29, 0.717) is 12.5 Å². The number of amides is 1. The zero-order valence-corrected chi connectivity index (χ0v) is 14.2. The number of ether oxygens (including phenoxy) is 1. The molecule has 2 fully saturated rings. The van der Waals surface area contributed by atoms with E-state index in [0.717, 1.165) is 31.7 Å². The number of benzene rings is 1. The van der Waals surface area contributed by atoms with E-state index in [1.165, 1.54) is 24.8 Å². The zero-order chi connectivity index (χ0) is 15.0. The van der Waals surface area contributed by atoms with Crippen molar-refractivity contribution in [3.05, 3.63) is 29.8 Å². The van der Waals surface area contributed by atoms with Gasteiger partial charge in [0.2, 0.25) is 5.91 Å². The van der Waals surface area contributed by atoms with Crippen LogP contribution in [0.2, 0.25) is 0 Å². The van der Waals surface area contributed by atoms with Gasteiger partial charge in [-0.3, -0.25) is 4.79 Å². The molecule has 1 aromatic carbocycles. The van der Waals surface area contributed by atoms with Crippen molar-refractivity contribution in [1.29, 1.82) is 0 Å². The third kappa shape index (κ3) is 2.94. The first-order chi connectivity index (χ1) is 10.8. The highest BCUT2D eigenvalue weighted by Gasteiger charge is 2.50. The van der Waals surface area contributed by atoms with Crippen LogP contribution in [-0.2, 0) is 11.2 Å². The molecule has 2 heterocycles. The van der Waals surface area contributed by atoms with Gasteiger partial charge < -0.3 is 15.4 Å². The Hall–Kier alpha value is -1.26. The van der Waals surface area contributed by atoms with Gasteiger partial charge in [0.05, 0.1) is 11.5 Å². The van der Waals surface area contributed by atoms with Crippen molar-refractivity contribution in [3.63, 3.8) is 0 Å². The first-order valence-corrected chi connectivity index (χ1v) is 8.50. The van der Waals surface area contributed by atoms with Crippen molar-refractivity contribution in [2.24, 2.45) is 11.3 Å². The lowest BCUT2D eigenvalue weighted by atomic mass is 9.67. The molecule has 1 amide bonds. The summed E-state index contributed by atoms with van der Waals surface area (Å²) in [5.41, 5.74) is 1.02. The van der Waals surface area contributed by atoms with Gasteiger partial charge in [-0.2, -0.15) is 0 Å². The Labute approximate surface area is 143 Å². The third-order valence-corrected chi connectivity index (χ3v) is 5.70. The lowest BCUT2D eigenvalue weighted by molar-refractivity contribution is -0.135. The maximum absolute atomic E-state index is 13.0. The number of nitrogens with one attached hydrogen (secondary N) is 2. The van der Waals surface area contributed by atoms with Crippen LogP contribution in [0.1, 0.15) is 31.2 Å². The van der Waals surface area contributed by atoms with Crippen LogP contribution in [0.25, 0.3) is 0 Å². The SMILES string of the molecule is Cl.O=C(NC1COc2ccccc2C1)[C@@]12CCCC[C@H]1CNC2. The Balaban J connectivity index is 0.00000156. The highest BCUT2D eigenvalue weighted by Crippen LogP contribution is 2.44. The summed E-state index contributed by atoms with van der Waals surface area (Å²) in [6.07, 6.45) is 5.53. The second-order valence-electron chi connectivity index (χ2n) is 7.02. The van der Waals surface area contributed by atoms with E-state index >= 15 is 0 Å². The molecular formula is C18H25ClN2O2. The van der Waals surface area contributed by atoms with E-state index in [-0.39, 0.29) is 29.8 Å². The molecule has 3 aliphatic rings. The Bertz CT molecular complexity index is 580. The summed E-state index contributed by atoms with van der Waals surface area (Å²) >= 11 is 0. The number of fused-ring (bicyclic) bond motifs is 2. The van der Waals surface area contributed by atoms with Gasteiger partial charge >= 0.3 is 0 Å². The van der Waals surface area contributed by atoms with Gasteiger partial charge in [0.15, 0.2) is 0 Å². The van der Waals surface area contributed by atoms with Crippen LogP contribution < -0.4 is 15.4 Å². The predicted molar refractivity (Wildman–Crippen MR) is 92.1 cm³/mol. The van der Waals surface area contributed by atoms with Gasteiger partial charge in [-0.25, -0.2) is 0 Å². The fourth-order valence-corrected chi connectivity index (χ4v) is 4.44. The van der Waals surface area contributed by atoms with Crippen molar-refractivity contribution >= 4 is 18.3 Å². The average molecular weight is 337 g/mol. The molecule has 2 aliphatic heterocycles. The molecule has 2 N–H and O–H groups in total. The maximum atomic E-state index is 13.0. The summed E-state index contributed by atoms with van der Waals surface area (Å²) in [5, 5.41) is 6.73. The van der Waals surface area contributed by atoms with Crippen molar-refractivity contribution < 1.29 is 9.53 Å². The van der Waals surface area contributed by atoms with Crippen molar-refractivity contribution in [2.45, 2.75) is 38.1 Å². The van der Waals surface area contributed by atoms with Crippen LogP contribution in [0.3, 0.4) is 0 Å². The van der Waals surface area contributed by atoms with Gasteiger partial charge in [-0.05, 0) is 43.4 Å². The number of para-hydroxylation sites is 1. The van der Waals surface area contributed by atoms with Crippen LogP contribution in [0.15, 0.2) is 24.3 Å². The Morgan fingerprint density at radius 3 is 3.09 bits per heavy atom. The molecular weight excluding hydrogens is 312 g/mol. The third-order valence-electron chi connectivity index (χ3n) is 5.70. The summed E-state index contributed by atoms with van der Waals surface area (Å²) in [6, 6.07) is 8.22. The fraction of sp³-hybridized carbons (Fsp3) is 0.611. The van der Waals surface area contributed by atoms with E-state index in [9.17, 15) is 4.79 Å². The second kappa shape index (κ2) is 6.70. The Morgan fingerprint density at radius 2 is 2.17 bits per heavy atom. The molecule has 1 aliphatic carbocycles. The smallest absolute Gasteiger partial charge is 0.228 e. The minimum absolute atomic E-state index is 0. The van der Waals surface area contributed by atoms with Crippen LogP contribution in [0, 0.1) is 11.3 Å². The van der Waals surface area contributed by atoms with Crippen LogP contribution in [0.4, 0.5) is 0 Å². The summed E-state index contributed by atoms with van der Waals surface area (Å²) in [6.45, 7) is 2.42. The Morgan fingerprint density at radius 1 is 1.30 bits per heavy atom. The molecule has 0 spiro atoms. The Kier molecular flexibility index (Phi) is 4.83. The van der Waals surface area contributed by atoms with E-state index in [1.54, 1.807) is 0 Å². The topological polar surface area (TPSA) is 50.4 Å². The van der Waals surface area contributed by atoms with E-state index in [4.69, 9.17) is 4.74 Å². The van der Waals surface area contributed by atoms with Gasteiger partial charge in [-0.15, -0.1) is 12.4 Å². The number of carbonyl (C=O) groups is 1. The molecule has 1 aromatic rings. The molecule has 0 bridgehead atoms. The van der Waals surface area contributed by atoms with Crippen LogP contribution in [-0.4, -0.2) is 31.6 Å². The number of carbonyl (C=O) groups excluding carboxylic acids is 1. The molecule has 0 aromatic heterocycles. The first kappa shape index (κ1) is 16.6. The van der Waals surface area contributed by atoms with E-state index in [2.05, 4.69) is 16.7 Å². The molecule has 0 radical (unpaired) electrons. The number of rotatable bonds is 2. The monoisotopic (exact) mass is 336 g/mol. The quantitative estimate of drug-likeness (QED) is 0.871. The molecule has 1 unspecified atom stereocenters. The first-order valence-electron chi connectivity index (χ1n) is 8.50. The standard InChI is InChI=1S/C18H24N2O2.ClH/c21-17(18-8-4-3-6-14(18)10-19-12-18)20-15-9-13-5-1-2-7-16(13)22-11-15;/h1-2,5,7,14-15,19H,3-4,6,8-12H2,(H,20,21);1H/t14-,15?,18+;/m0./s1. The van der Waals surface area contributed by atoms with Crippen LogP contribution in [0.5, 0.6) is 5.75 Å². The van der Waals surface area contributed by atoms with Gasteiger partial charge in [-0.1, -0.05) is 31.0 Å². The minimum Gasteiger partial charge on any atom is -0.491 e. The molecule has 4 rings (SSSR count). The number of hydrogen-bond donors (Lipinski definition) is 2. The predicted octanol–water partition coefficient (Wildman–Crippen LogP) is 2.31. The van der Waals surface area contributed by atoms with Crippen molar-refractivity contribution in [2.75, 3.05) is 19.7 Å². The van der Waals surface area contributed by atoms with Crippen LogP contribution >= 0.6 is 12.4 Å². The largest absolute Gasteiger partial charge is 0.491 e. The van der Waals surface area contributed by atoms with Crippen molar-refractivity contribution in [3.8, 4) is 5.75 Å². The average Bonchev–Trinajstić information content (AvgIpc) is 3.00. The molecule has 1 saturated heterocycles. The summed E-state index contributed by atoms with van der Waals surface area (Å²) in [5.74, 6) is 1.72. The summed E-state index contributed by atoms with van der Waals surface area (Å²) < 4.78 is 5.80. The lowest BCUT2D eigenvalue weighted by Crippen LogP contribution is -2.53. The summed E-state index contributed by atoms with van der Waals surface area (Å²) in [4.78, 5) is 13.0. The lowest BCUT2D eigenvalue weighted by Gasteiger charge is -2.38. The molecule has 23 heavy (non-hydrogen) atoms. The summed E-state index contributed by atoms with van der Waals surface area (Å²) in [7, 11) is 0. The molecule has 4 nitrogen and oxygen atoms in total. The fourth-order valence-electron chi connectivity index (χ4n) is 4.44. The van der Waals surface area contributed by atoms with Gasteiger partial charge in [0, 0.05) is 6.54 Å². The normalized spacial score (nSPS) is 32.0. The maximum Gasteiger partial charge on any atom is 0.228 e. The van der Waals surface area contributed by atoms with E-state index in [1.807, 2.05) is 18.2 Å². The second-order valence-corrected chi connectivity index (χ2v) is 7.02. The highest BCUT2D eigenvalue weighted by molar-refractivity contribution is 5.85. The zero-order valence-electron chi connectivity index (χ0n) is 13.3. The number of halogens is 1. The molecule has 1 saturated carbocycles. The van der Waals surface area contributed by atoms with Crippen molar-refractivity contribution in [1.82, 2.24) is 10.6 Å². The minimum atomic E-state index is -0.171. The van der Waals surface area contributed by atoms with Gasteiger partial charge in [0.25, 0.3) is 0 Å². The highest BCUT2D eigenvalue weighted by atomic mass is 35.5. The number of hydrogen-bond acceptors (Lipinski definition) is 3. The molecule has 126 valence electrons. The molecule has 3 atom stereocenters. The molecule has 5 heteroatoms. The van der Waals surface area contributed by atoms with E-state index < -0.39 is 0 Å².